The van der Waals surface area contributed by atoms with Gasteiger partial charge in [-0.15, -0.1) is 10.2 Å². The molecule has 0 aliphatic rings. The topological polar surface area (TPSA) is 58.8 Å². The zero-order valence-electron chi connectivity index (χ0n) is 7.56. The first-order valence-electron chi connectivity index (χ1n) is 4.06. The van der Waals surface area contributed by atoms with E-state index in [2.05, 4.69) is 10.2 Å². The maximum Gasteiger partial charge on any atom is 0.205 e. The Balaban J connectivity index is 2.85. The van der Waals surface area contributed by atoms with Crippen LogP contribution in [-0.2, 0) is 0 Å². The van der Waals surface area contributed by atoms with E-state index in [-0.39, 0.29) is 5.69 Å². The third-order valence-corrected chi connectivity index (χ3v) is 1.93. The molecule has 0 spiro atoms. The van der Waals surface area contributed by atoms with Crippen molar-refractivity contribution in [2.45, 2.75) is 0 Å². The summed E-state index contributed by atoms with van der Waals surface area (Å²) in [5.41, 5.74) is 0.939. The Bertz CT molecular complexity index is 516. The van der Waals surface area contributed by atoms with Gasteiger partial charge < -0.3 is 4.74 Å². The summed E-state index contributed by atoms with van der Waals surface area (Å²) in [6.07, 6.45) is 0. The average Bonchev–Trinajstić information content (AvgIpc) is 2.27. The van der Waals surface area contributed by atoms with E-state index in [4.69, 9.17) is 10.00 Å². The van der Waals surface area contributed by atoms with E-state index in [0.717, 1.165) is 10.9 Å². The van der Waals surface area contributed by atoms with Crippen LogP contribution in [0, 0.1) is 11.3 Å². The second-order valence-corrected chi connectivity index (χ2v) is 2.71. The highest BCUT2D eigenvalue weighted by Gasteiger charge is 2.09. The molecule has 0 N–H and O–H groups in total. The number of methoxy groups -OCH3 is 1. The molecule has 0 saturated heterocycles. The minimum absolute atomic E-state index is 0.214. The summed E-state index contributed by atoms with van der Waals surface area (Å²) in [6, 6.07) is 9.35. The minimum atomic E-state index is 0.214. The van der Waals surface area contributed by atoms with Crippen LogP contribution in [0.25, 0.3) is 10.9 Å². The lowest BCUT2D eigenvalue weighted by Gasteiger charge is -2.04. The lowest BCUT2D eigenvalue weighted by Crippen LogP contribution is -1.95. The molecule has 0 unspecified atom stereocenters. The summed E-state index contributed by atoms with van der Waals surface area (Å²) in [5, 5.41) is 17.3. The highest BCUT2D eigenvalue weighted by atomic mass is 16.5. The van der Waals surface area contributed by atoms with E-state index in [1.54, 1.807) is 0 Å². The summed E-state index contributed by atoms with van der Waals surface area (Å²) in [7, 11) is 1.52. The molecule has 0 saturated carbocycles. The molecule has 0 aliphatic heterocycles. The van der Waals surface area contributed by atoms with Crippen LogP contribution in [0.2, 0.25) is 0 Å². The highest BCUT2D eigenvalue weighted by Crippen LogP contribution is 2.25. The second kappa shape index (κ2) is 3.30. The Morgan fingerprint density at radius 2 is 2.07 bits per heavy atom. The van der Waals surface area contributed by atoms with Crippen molar-refractivity contribution < 1.29 is 4.74 Å². The summed E-state index contributed by atoms with van der Waals surface area (Å²) in [6.45, 7) is 0. The van der Waals surface area contributed by atoms with Crippen molar-refractivity contribution in [2.75, 3.05) is 7.11 Å². The number of benzene rings is 1. The minimum Gasteiger partial charge on any atom is -0.493 e. The van der Waals surface area contributed by atoms with Crippen LogP contribution in [0.1, 0.15) is 5.69 Å². The van der Waals surface area contributed by atoms with Crippen molar-refractivity contribution in [1.29, 1.82) is 5.26 Å². The summed E-state index contributed by atoms with van der Waals surface area (Å²) in [4.78, 5) is 0. The standard InChI is InChI=1S/C10H7N3O/c1-14-10-7-4-2-3-5-8(7)12-13-9(10)6-11/h2-5H,1H3. The van der Waals surface area contributed by atoms with Gasteiger partial charge >= 0.3 is 0 Å². The second-order valence-electron chi connectivity index (χ2n) is 2.71. The zero-order chi connectivity index (χ0) is 9.97. The van der Waals surface area contributed by atoms with Gasteiger partial charge in [0.05, 0.1) is 12.6 Å². The van der Waals surface area contributed by atoms with E-state index in [9.17, 15) is 0 Å². The third-order valence-electron chi connectivity index (χ3n) is 1.93. The Labute approximate surface area is 80.8 Å². The molecule has 0 amide bonds. The fourth-order valence-electron chi connectivity index (χ4n) is 1.31. The number of ether oxygens (including phenoxy) is 1. The van der Waals surface area contributed by atoms with Crippen molar-refractivity contribution in [3.8, 4) is 11.8 Å². The normalized spacial score (nSPS) is 9.71. The van der Waals surface area contributed by atoms with Gasteiger partial charge in [0.15, 0.2) is 5.75 Å². The van der Waals surface area contributed by atoms with Crippen LogP contribution in [0.4, 0.5) is 0 Å². The van der Waals surface area contributed by atoms with Crippen molar-refractivity contribution in [3.05, 3.63) is 30.0 Å². The molecule has 1 heterocycles. The first kappa shape index (κ1) is 8.45. The molecule has 68 valence electrons. The Hall–Kier alpha value is -2.15. The molecule has 14 heavy (non-hydrogen) atoms. The maximum atomic E-state index is 8.78. The van der Waals surface area contributed by atoms with Crippen LogP contribution in [0.15, 0.2) is 24.3 Å². The molecule has 0 aliphatic carbocycles. The number of hydrogen-bond donors (Lipinski definition) is 0. The van der Waals surface area contributed by atoms with Gasteiger partial charge in [-0.25, -0.2) is 0 Å². The number of aromatic nitrogens is 2. The zero-order valence-corrected chi connectivity index (χ0v) is 7.56. The van der Waals surface area contributed by atoms with Crippen LogP contribution in [-0.4, -0.2) is 17.3 Å². The van der Waals surface area contributed by atoms with Crippen LogP contribution in [0.5, 0.6) is 5.75 Å². The summed E-state index contributed by atoms with van der Waals surface area (Å²) in [5.74, 6) is 0.484. The largest absolute Gasteiger partial charge is 0.493 e. The molecule has 2 aromatic rings. The average molecular weight is 185 g/mol. The fraction of sp³-hybridized carbons (Fsp3) is 0.100. The first-order valence-corrected chi connectivity index (χ1v) is 4.06. The maximum absolute atomic E-state index is 8.78. The first-order chi connectivity index (χ1) is 6.86. The number of hydrogen-bond acceptors (Lipinski definition) is 4. The molecule has 1 aromatic carbocycles. The highest BCUT2D eigenvalue weighted by molar-refractivity contribution is 5.85. The number of nitriles is 1. The molecule has 0 fully saturated rings. The SMILES string of the molecule is COc1c(C#N)nnc2ccccc12. The quantitative estimate of drug-likeness (QED) is 0.675. The Kier molecular flexibility index (Phi) is 1.99. The molecule has 0 atom stereocenters. The molecule has 2 rings (SSSR count). The van der Waals surface area contributed by atoms with Crippen LogP contribution < -0.4 is 4.74 Å². The summed E-state index contributed by atoms with van der Waals surface area (Å²) >= 11 is 0. The van der Waals surface area contributed by atoms with Crippen molar-refractivity contribution in [2.24, 2.45) is 0 Å². The molecule has 4 nitrogen and oxygen atoms in total. The van der Waals surface area contributed by atoms with Gasteiger partial charge in [0.2, 0.25) is 5.69 Å². The van der Waals surface area contributed by atoms with E-state index >= 15 is 0 Å². The van der Waals surface area contributed by atoms with Gasteiger partial charge in [0.25, 0.3) is 0 Å². The predicted molar refractivity (Wildman–Crippen MR) is 50.8 cm³/mol. The van der Waals surface area contributed by atoms with E-state index < -0.39 is 0 Å². The molecule has 1 aromatic heterocycles. The smallest absolute Gasteiger partial charge is 0.205 e. The van der Waals surface area contributed by atoms with Gasteiger partial charge in [0.1, 0.15) is 6.07 Å². The number of fused-ring (bicyclic) bond motifs is 1. The van der Waals surface area contributed by atoms with E-state index in [1.807, 2.05) is 30.3 Å². The van der Waals surface area contributed by atoms with E-state index in [1.165, 1.54) is 7.11 Å². The number of rotatable bonds is 1. The van der Waals surface area contributed by atoms with Gasteiger partial charge in [0, 0.05) is 5.39 Å². The van der Waals surface area contributed by atoms with E-state index in [0.29, 0.717) is 5.75 Å². The lowest BCUT2D eigenvalue weighted by molar-refractivity contribution is 0.415. The molecular formula is C10H7N3O. The fourth-order valence-corrected chi connectivity index (χ4v) is 1.31. The monoisotopic (exact) mass is 185 g/mol. The molecule has 0 bridgehead atoms. The number of nitrogens with zero attached hydrogens (tertiary/aromatic N) is 3. The summed E-state index contributed by atoms with van der Waals surface area (Å²) < 4.78 is 5.12. The predicted octanol–water partition coefficient (Wildman–Crippen LogP) is 1.51. The Morgan fingerprint density at radius 3 is 2.79 bits per heavy atom. The van der Waals surface area contributed by atoms with Gasteiger partial charge in [-0.2, -0.15) is 5.26 Å². The van der Waals surface area contributed by atoms with Gasteiger partial charge in [-0.1, -0.05) is 12.1 Å². The molecule has 4 heteroatoms. The van der Waals surface area contributed by atoms with Crippen LogP contribution in [0.3, 0.4) is 0 Å². The Morgan fingerprint density at radius 1 is 1.29 bits per heavy atom. The van der Waals surface area contributed by atoms with Crippen molar-refractivity contribution in [3.63, 3.8) is 0 Å². The van der Waals surface area contributed by atoms with Gasteiger partial charge in [-0.3, -0.25) is 0 Å². The third kappa shape index (κ3) is 1.15. The van der Waals surface area contributed by atoms with Gasteiger partial charge in [-0.05, 0) is 12.1 Å². The van der Waals surface area contributed by atoms with Crippen molar-refractivity contribution in [1.82, 2.24) is 10.2 Å². The molecular weight excluding hydrogens is 178 g/mol. The van der Waals surface area contributed by atoms with Crippen LogP contribution >= 0.6 is 0 Å². The lowest BCUT2D eigenvalue weighted by atomic mass is 10.2. The van der Waals surface area contributed by atoms with Crippen molar-refractivity contribution >= 4 is 10.9 Å². The molecule has 0 radical (unpaired) electrons.